The van der Waals surface area contributed by atoms with Crippen LogP contribution in [0.1, 0.15) is 39.2 Å². The Bertz CT molecular complexity index is 1010. The molecule has 0 aromatic heterocycles. The summed E-state index contributed by atoms with van der Waals surface area (Å²) in [5.41, 5.74) is 0.668. The van der Waals surface area contributed by atoms with Crippen LogP contribution in [0.2, 0.25) is 0 Å². The highest BCUT2D eigenvalue weighted by Crippen LogP contribution is 2.60. The van der Waals surface area contributed by atoms with E-state index in [1.807, 2.05) is 37.3 Å². The van der Waals surface area contributed by atoms with Gasteiger partial charge < -0.3 is 15.2 Å². The summed E-state index contributed by atoms with van der Waals surface area (Å²) in [7, 11) is 1.37. The number of amides is 1. The van der Waals surface area contributed by atoms with Crippen molar-refractivity contribution in [3.8, 4) is 0 Å². The van der Waals surface area contributed by atoms with E-state index < -0.39 is 29.3 Å². The molecule has 2 fully saturated rings. The van der Waals surface area contributed by atoms with Crippen molar-refractivity contribution in [2.75, 3.05) is 7.11 Å². The summed E-state index contributed by atoms with van der Waals surface area (Å²) in [6, 6.07) is 9.90. The van der Waals surface area contributed by atoms with Crippen molar-refractivity contribution in [2.24, 2.45) is 40.9 Å². The number of hydrogen-bond acceptors (Lipinski definition) is 4. The van der Waals surface area contributed by atoms with Gasteiger partial charge in [-0.2, -0.15) is 0 Å². The molecule has 0 unspecified atom stereocenters. The average Bonchev–Trinajstić information content (AvgIpc) is 3.10. The molecule has 1 aromatic rings. The summed E-state index contributed by atoms with van der Waals surface area (Å²) < 4.78 is 5.30. The third kappa shape index (κ3) is 4.40. The maximum absolute atomic E-state index is 14.2. The van der Waals surface area contributed by atoms with E-state index >= 15 is 0 Å². The van der Waals surface area contributed by atoms with Gasteiger partial charge in [0.25, 0.3) is 0 Å². The Morgan fingerprint density at radius 1 is 1.17 bits per heavy atom. The molecule has 1 aliphatic heterocycles. The van der Waals surface area contributed by atoms with Crippen molar-refractivity contribution >= 4 is 11.9 Å². The molecule has 1 saturated heterocycles. The smallest absolute Gasteiger partial charge is 0.313 e. The second-order valence-corrected chi connectivity index (χ2v) is 10.9. The van der Waals surface area contributed by atoms with Gasteiger partial charge in [-0.3, -0.25) is 9.59 Å². The van der Waals surface area contributed by atoms with Crippen LogP contribution in [-0.4, -0.2) is 36.2 Å². The van der Waals surface area contributed by atoms with Crippen molar-refractivity contribution < 1.29 is 19.4 Å². The third-order valence-electron chi connectivity index (χ3n) is 8.65. The monoisotopic (exact) mass is 477 g/mol. The van der Waals surface area contributed by atoms with Gasteiger partial charge in [0, 0.05) is 17.9 Å². The summed E-state index contributed by atoms with van der Waals surface area (Å²) in [4.78, 5) is 27.6. The normalized spacial score (nSPS) is 41.1. The first-order chi connectivity index (χ1) is 16.7. The predicted octanol–water partition coefficient (Wildman–Crippen LogP) is 4.48. The number of benzene rings is 1. The van der Waals surface area contributed by atoms with Gasteiger partial charge >= 0.3 is 5.97 Å². The van der Waals surface area contributed by atoms with Crippen LogP contribution in [-0.2, 0) is 20.7 Å². The molecule has 1 spiro atoms. The minimum absolute atomic E-state index is 0.163. The first-order valence-corrected chi connectivity index (χ1v) is 12.9. The Morgan fingerprint density at radius 3 is 2.57 bits per heavy atom. The molecule has 3 aliphatic rings. The number of nitrogens with one attached hydrogen (secondary N) is 1. The van der Waals surface area contributed by atoms with Crippen LogP contribution < -0.4 is 5.32 Å². The lowest BCUT2D eigenvalue weighted by atomic mass is 9.49. The number of carbonyl (C=O) groups is 2. The van der Waals surface area contributed by atoms with E-state index in [9.17, 15) is 14.7 Å². The highest BCUT2D eigenvalue weighted by molar-refractivity contribution is 5.93. The fourth-order valence-electron chi connectivity index (χ4n) is 6.99. The fraction of sp³-hybridized carbons (Fsp3) is 0.533. The average molecular weight is 478 g/mol. The summed E-state index contributed by atoms with van der Waals surface area (Å²) in [6.07, 6.45) is 9.57. The predicted molar refractivity (Wildman–Crippen MR) is 137 cm³/mol. The SMILES string of the molecule is C=C1[C@@H](C)[C@H]2[C@H](Cc3ccccc3)NC(=O)[C@]23[C@H](C(=O)OC)/C=C/[C@@H](C)C[C@@H](C)C/C=C/[C@H]3[C@@H]1O. The molecule has 2 aliphatic carbocycles. The Hall–Kier alpha value is -2.66. The van der Waals surface area contributed by atoms with Gasteiger partial charge in [0.05, 0.1) is 24.5 Å². The summed E-state index contributed by atoms with van der Waals surface area (Å²) >= 11 is 0. The molecule has 1 saturated carbocycles. The van der Waals surface area contributed by atoms with E-state index in [1.54, 1.807) is 0 Å². The van der Waals surface area contributed by atoms with Crippen molar-refractivity contribution in [3.05, 3.63) is 72.4 Å². The number of ether oxygens (including phenoxy) is 1. The first-order valence-electron chi connectivity index (χ1n) is 12.9. The van der Waals surface area contributed by atoms with Gasteiger partial charge in [0.2, 0.25) is 5.91 Å². The second-order valence-electron chi connectivity index (χ2n) is 10.9. The standard InChI is InChI=1S/C30H39NO4/c1-18-10-9-13-23-27(32)21(4)20(3)26-25(17-22-11-7-6-8-12-22)31-29(34)30(23,26)24(28(33)35-5)15-14-19(2)16-18/h6-9,11-15,18-20,23-27,32H,4,10,16-17H2,1-3,5H3,(H,31,34)/b13-9+,15-14+/t18-,19+,20+,23-,24-,25-,26-,27+,30+/m0/s1. The number of rotatable bonds is 3. The third-order valence-corrected chi connectivity index (χ3v) is 8.65. The van der Waals surface area contributed by atoms with E-state index in [0.29, 0.717) is 12.3 Å². The van der Waals surface area contributed by atoms with Crippen molar-refractivity contribution in [1.29, 1.82) is 0 Å². The van der Waals surface area contributed by atoms with Crippen LogP contribution in [0.4, 0.5) is 0 Å². The fourth-order valence-corrected chi connectivity index (χ4v) is 6.99. The van der Waals surface area contributed by atoms with Crippen LogP contribution in [0.15, 0.2) is 66.8 Å². The number of carbonyl (C=O) groups excluding carboxylic acids is 2. The topological polar surface area (TPSA) is 75.6 Å². The van der Waals surface area contributed by atoms with Crippen molar-refractivity contribution in [2.45, 2.75) is 52.2 Å². The second kappa shape index (κ2) is 10.1. The maximum Gasteiger partial charge on any atom is 0.313 e. The highest BCUT2D eigenvalue weighted by atomic mass is 16.5. The Balaban J connectivity index is 1.92. The van der Waals surface area contributed by atoms with Crippen molar-refractivity contribution in [3.63, 3.8) is 0 Å². The zero-order chi connectivity index (χ0) is 25.3. The lowest BCUT2D eigenvalue weighted by Crippen LogP contribution is -2.59. The number of hydrogen-bond donors (Lipinski definition) is 2. The maximum atomic E-state index is 14.2. The minimum Gasteiger partial charge on any atom is -0.469 e. The van der Waals surface area contributed by atoms with Gasteiger partial charge in [-0.15, -0.1) is 0 Å². The molecule has 0 bridgehead atoms. The molecule has 2 N–H and O–H groups in total. The van der Waals surface area contributed by atoms with E-state index in [4.69, 9.17) is 4.74 Å². The number of methoxy groups -OCH3 is 1. The lowest BCUT2D eigenvalue weighted by Gasteiger charge is -2.52. The molecule has 0 radical (unpaired) electrons. The van der Waals surface area contributed by atoms with E-state index in [1.165, 1.54) is 7.11 Å². The number of esters is 1. The summed E-state index contributed by atoms with van der Waals surface area (Å²) in [6.45, 7) is 10.6. The molecule has 188 valence electrons. The van der Waals surface area contributed by atoms with Crippen LogP contribution in [0.5, 0.6) is 0 Å². The van der Waals surface area contributed by atoms with Gasteiger partial charge in [-0.25, -0.2) is 0 Å². The minimum atomic E-state index is -1.17. The Labute approximate surface area is 209 Å². The molecular weight excluding hydrogens is 438 g/mol. The van der Waals surface area contributed by atoms with Gasteiger partial charge in [0.15, 0.2) is 0 Å². The van der Waals surface area contributed by atoms with Crippen LogP contribution in [0, 0.1) is 40.9 Å². The number of aliphatic hydroxyl groups is 1. The lowest BCUT2D eigenvalue weighted by molar-refractivity contribution is -0.161. The molecular formula is C30H39NO4. The quantitative estimate of drug-likeness (QED) is 0.497. The molecule has 5 nitrogen and oxygen atoms in total. The van der Waals surface area contributed by atoms with E-state index in [-0.39, 0.29) is 29.7 Å². The molecule has 1 heterocycles. The van der Waals surface area contributed by atoms with Crippen LogP contribution in [0.3, 0.4) is 0 Å². The van der Waals surface area contributed by atoms with Gasteiger partial charge in [-0.05, 0) is 48.2 Å². The Kier molecular flexibility index (Phi) is 7.37. The largest absolute Gasteiger partial charge is 0.469 e. The van der Waals surface area contributed by atoms with Gasteiger partial charge in [-0.1, -0.05) is 82.0 Å². The molecule has 1 amide bonds. The zero-order valence-corrected chi connectivity index (χ0v) is 21.3. The van der Waals surface area contributed by atoms with E-state index in [0.717, 1.165) is 24.0 Å². The summed E-state index contributed by atoms with van der Waals surface area (Å²) in [5, 5.41) is 14.8. The number of allylic oxidation sites excluding steroid dienone is 2. The van der Waals surface area contributed by atoms with Crippen LogP contribution in [0.25, 0.3) is 0 Å². The zero-order valence-electron chi connectivity index (χ0n) is 21.3. The van der Waals surface area contributed by atoms with Gasteiger partial charge in [0.1, 0.15) is 0 Å². The molecule has 35 heavy (non-hydrogen) atoms. The molecule has 5 heteroatoms. The van der Waals surface area contributed by atoms with E-state index in [2.05, 4.69) is 50.0 Å². The first kappa shape index (κ1) is 25.4. The van der Waals surface area contributed by atoms with Crippen molar-refractivity contribution in [1.82, 2.24) is 5.32 Å². The highest BCUT2D eigenvalue weighted by Gasteiger charge is 2.69. The molecule has 9 atom stereocenters. The molecule has 4 rings (SSSR count). The molecule has 1 aromatic carbocycles. The number of aliphatic hydroxyl groups excluding tert-OH is 1. The Morgan fingerprint density at radius 2 is 1.89 bits per heavy atom. The summed E-state index contributed by atoms with van der Waals surface area (Å²) in [5.74, 6) is -1.71. The van der Waals surface area contributed by atoms with Crippen LogP contribution >= 0.6 is 0 Å².